The van der Waals surface area contributed by atoms with Crippen LogP contribution in [0.3, 0.4) is 0 Å². The highest BCUT2D eigenvalue weighted by molar-refractivity contribution is 8.13. The van der Waals surface area contributed by atoms with E-state index in [0.717, 1.165) is 44.2 Å². The first-order valence-electron chi connectivity index (χ1n) is 9.55. The Morgan fingerprint density at radius 2 is 1.85 bits per heavy atom. The number of fused-ring (bicyclic) bond motifs is 5. The van der Waals surface area contributed by atoms with Gasteiger partial charge in [-0.3, -0.25) is 0 Å². The molecule has 2 aromatic rings. The summed E-state index contributed by atoms with van der Waals surface area (Å²) in [6, 6.07) is 15.3. The molecule has 2 unspecified atom stereocenters. The Morgan fingerprint density at radius 3 is 2.67 bits per heavy atom. The van der Waals surface area contributed by atoms with Crippen LogP contribution >= 0.6 is 18.1 Å². The van der Waals surface area contributed by atoms with Gasteiger partial charge < -0.3 is 9.99 Å². The third-order valence-corrected chi connectivity index (χ3v) is 11.6. The lowest BCUT2D eigenvalue weighted by atomic mass is 9.89. The molecule has 0 saturated carbocycles. The van der Waals surface area contributed by atoms with Gasteiger partial charge in [-0.05, 0) is 53.1 Å². The molecule has 142 valence electrons. The predicted molar refractivity (Wildman–Crippen MR) is 117 cm³/mol. The Labute approximate surface area is 171 Å². The summed E-state index contributed by atoms with van der Waals surface area (Å²) >= 11 is 13.0. The van der Waals surface area contributed by atoms with E-state index in [4.69, 9.17) is 23.4 Å². The Kier molecular flexibility index (Phi) is 4.59. The van der Waals surface area contributed by atoms with Crippen molar-refractivity contribution in [3.05, 3.63) is 64.2 Å². The fourth-order valence-electron chi connectivity index (χ4n) is 4.78. The lowest BCUT2D eigenvalue weighted by Gasteiger charge is -2.57. The normalized spacial score (nSPS) is 28.4. The third-order valence-electron chi connectivity index (χ3n) is 6.08. The summed E-state index contributed by atoms with van der Waals surface area (Å²) in [6.45, 7) is 2.97. The van der Waals surface area contributed by atoms with Crippen molar-refractivity contribution in [2.75, 3.05) is 44.4 Å². The van der Waals surface area contributed by atoms with Crippen LogP contribution in [-0.4, -0.2) is 49.1 Å². The number of benzene rings is 2. The van der Waals surface area contributed by atoms with Gasteiger partial charge in [-0.15, -0.1) is 0 Å². The molecule has 27 heavy (non-hydrogen) atoms. The summed E-state index contributed by atoms with van der Waals surface area (Å²) in [5.74, 6) is 0. The Morgan fingerprint density at radius 1 is 1.07 bits per heavy atom. The largest absolute Gasteiger partial charge is 0.323 e. The highest BCUT2D eigenvalue weighted by atomic mass is 35.5. The van der Waals surface area contributed by atoms with E-state index in [0.29, 0.717) is 0 Å². The Bertz CT molecular complexity index is 930. The van der Waals surface area contributed by atoms with E-state index in [9.17, 15) is 0 Å². The lowest BCUT2D eigenvalue weighted by molar-refractivity contribution is 0.306. The molecular weight excluding hydrogens is 395 g/mol. The molecule has 2 atom stereocenters. The summed E-state index contributed by atoms with van der Waals surface area (Å²) in [6.07, 6.45) is 1.06. The van der Waals surface area contributed by atoms with Gasteiger partial charge in [0.25, 0.3) is 0 Å². The monoisotopic (exact) mass is 418 g/mol. The van der Waals surface area contributed by atoms with Gasteiger partial charge in [-0.1, -0.05) is 35.9 Å². The van der Waals surface area contributed by atoms with Crippen molar-refractivity contribution in [1.29, 1.82) is 0 Å². The second-order valence-corrected chi connectivity index (χ2v) is 12.1. The molecule has 4 nitrogen and oxygen atoms in total. The van der Waals surface area contributed by atoms with E-state index in [2.05, 4.69) is 62.8 Å². The summed E-state index contributed by atoms with van der Waals surface area (Å²) in [4.78, 5) is 0. The van der Waals surface area contributed by atoms with E-state index in [1.165, 1.54) is 22.4 Å². The van der Waals surface area contributed by atoms with Crippen LogP contribution in [-0.2, 0) is 18.2 Å². The maximum Gasteiger partial charge on any atom is 0.170 e. The summed E-state index contributed by atoms with van der Waals surface area (Å²) in [7, 11) is 2.19. The maximum atomic E-state index is 6.56. The first kappa shape index (κ1) is 18.1. The second-order valence-electron chi connectivity index (χ2n) is 7.46. The molecule has 0 aromatic heterocycles. The molecular formula is C20H24ClN4PS. The zero-order valence-electron chi connectivity index (χ0n) is 15.4. The van der Waals surface area contributed by atoms with Gasteiger partial charge in [0.15, 0.2) is 6.49 Å². The van der Waals surface area contributed by atoms with Crippen molar-refractivity contribution >= 4 is 35.6 Å². The minimum atomic E-state index is -2.06. The number of halogens is 1. The van der Waals surface area contributed by atoms with Crippen LogP contribution in [0, 0.1) is 0 Å². The smallest absolute Gasteiger partial charge is 0.170 e. The molecule has 2 aromatic carbocycles. The minimum Gasteiger partial charge on any atom is -0.323 e. The summed E-state index contributed by atoms with van der Waals surface area (Å²) < 4.78 is 7.58. The van der Waals surface area contributed by atoms with Gasteiger partial charge >= 0.3 is 0 Å². The summed E-state index contributed by atoms with van der Waals surface area (Å²) in [5.41, 5.74) is 5.35. The number of rotatable bonds is 1. The van der Waals surface area contributed by atoms with Crippen molar-refractivity contribution in [2.45, 2.75) is 12.5 Å². The molecule has 1 saturated heterocycles. The van der Waals surface area contributed by atoms with Crippen LogP contribution in [0.2, 0.25) is 5.02 Å². The van der Waals surface area contributed by atoms with Crippen molar-refractivity contribution in [3.8, 4) is 0 Å². The standard InChI is InChI=1S/C20H24ClN4PS/c1-23-19-7-6-16(21)14-18(19)20-17-5-3-2-4-15(17)8-11-25(20)26(23,27)24-12-9-22-10-13-24/h2-7,14,20,22H,8-13H2,1H3. The first-order chi connectivity index (χ1) is 13.1. The number of nitrogens with zero attached hydrogens (tertiary/aromatic N) is 3. The van der Waals surface area contributed by atoms with E-state index in [1.807, 2.05) is 6.07 Å². The molecule has 0 bridgehead atoms. The van der Waals surface area contributed by atoms with E-state index < -0.39 is 6.49 Å². The highest BCUT2D eigenvalue weighted by Gasteiger charge is 2.48. The van der Waals surface area contributed by atoms with Crippen LogP contribution in [0.4, 0.5) is 5.69 Å². The van der Waals surface area contributed by atoms with Gasteiger partial charge in [0.1, 0.15) is 0 Å². The number of hydrogen-bond acceptors (Lipinski definition) is 2. The fourth-order valence-corrected chi connectivity index (χ4v) is 9.38. The molecule has 3 aliphatic rings. The fraction of sp³-hybridized carbons (Fsp3) is 0.400. The number of nitrogens with one attached hydrogen (secondary N) is 1. The first-order valence-corrected chi connectivity index (χ1v) is 12.6. The van der Waals surface area contributed by atoms with Crippen molar-refractivity contribution in [2.24, 2.45) is 0 Å². The second kappa shape index (κ2) is 6.84. The van der Waals surface area contributed by atoms with Gasteiger partial charge in [0.2, 0.25) is 0 Å². The average molecular weight is 419 g/mol. The summed E-state index contributed by atoms with van der Waals surface area (Å²) in [5, 5.41) is 4.27. The average Bonchev–Trinajstić information content (AvgIpc) is 2.72. The third kappa shape index (κ3) is 2.71. The molecule has 0 spiro atoms. The van der Waals surface area contributed by atoms with E-state index in [-0.39, 0.29) is 6.04 Å². The van der Waals surface area contributed by atoms with Crippen molar-refractivity contribution < 1.29 is 0 Å². The maximum absolute atomic E-state index is 6.56. The Hall–Kier alpha value is -0.940. The molecule has 0 aliphatic carbocycles. The lowest BCUT2D eigenvalue weighted by Crippen LogP contribution is -2.52. The van der Waals surface area contributed by atoms with E-state index >= 15 is 0 Å². The number of anilines is 1. The van der Waals surface area contributed by atoms with Crippen LogP contribution in [0.5, 0.6) is 0 Å². The van der Waals surface area contributed by atoms with Gasteiger partial charge in [-0.25, -0.2) is 9.34 Å². The SMILES string of the molecule is CN1c2ccc(Cl)cc2C2c3ccccc3CCN2P1(=S)N1CCNCC1. The van der Waals surface area contributed by atoms with Crippen molar-refractivity contribution in [3.63, 3.8) is 0 Å². The van der Waals surface area contributed by atoms with Crippen LogP contribution in [0.25, 0.3) is 0 Å². The predicted octanol–water partition coefficient (Wildman–Crippen LogP) is 3.87. The van der Waals surface area contributed by atoms with Crippen LogP contribution < -0.4 is 9.99 Å². The number of hydrogen-bond donors (Lipinski definition) is 1. The quantitative estimate of drug-likeness (QED) is 0.708. The molecule has 1 N–H and O–H groups in total. The van der Waals surface area contributed by atoms with E-state index in [1.54, 1.807) is 0 Å². The zero-order chi connectivity index (χ0) is 18.6. The molecule has 1 fully saturated rings. The molecule has 3 aliphatic heterocycles. The van der Waals surface area contributed by atoms with Gasteiger partial charge in [0.05, 0.1) is 6.04 Å². The molecule has 7 heteroatoms. The molecule has 5 rings (SSSR count). The van der Waals surface area contributed by atoms with Gasteiger partial charge in [-0.2, -0.15) is 0 Å². The highest BCUT2D eigenvalue weighted by Crippen LogP contribution is 2.67. The van der Waals surface area contributed by atoms with Gasteiger partial charge in [0, 0.05) is 50.5 Å². The van der Waals surface area contributed by atoms with Crippen LogP contribution in [0.15, 0.2) is 42.5 Å². The molecule has 0 amide bonds. The molecule has 0 radical (unpaired) electrons. The minimum absolute atomic E-state index is 0.195. The van der Waals surface area contributed by atoms with Crippen molar-refractivity contribution in [1.82, 2.24) is 14.7 Å². The Balaban J connectivity index is 1.73. The number of piperazine rings is 1. The van der Waals surface area contributed by atoms with Crippen LogP contribution in [0.1, 0.15) is 22.7 Å². The topological polar surface area (TPSA) is 21.8 Å². The zero-order valence-corrected chi connectivity index (χ0v) is 17.9. The molecule has 3 heterocycles.